The van der Waals surface area contributed by atoms with Crippen molar-refractivity contribution in [3.05, 3.63) is 16.1 Å². The van der Waals surface area contributed by atoms with E-state index in [1.54, 1.807) is 23.1 Å². The summed E-state index contributed by atoms with van der Waals surface area (Å²) in [7, 11) is 0. The molecule has 1 heterocycles. The van der Waals surface area contributed by atoms with Gasteiger partial charge in [0.2, 0.25) is 11.8 Å². The van der Waals surface area contributed by atoms with Crippen LogP contribution in [0.4, 0.5) is 0 Å². The third-order valence-electron chi connectivity index (χ3n) is 1.79. The molecule has 6 nitrogen and oxygen atoms in total. The maximum Gasteiger partial charge on any atom is 0.246 e. The van der Waals surface area contributed by atoms with Gasteiger partial charge in [0.1, 0.15) is 0 Å². The number of nitrogens with one attached hydrogen (secondary N) is 1. The summed E-state index contributed by atoms with van der Waals surface area (Å²) in [6.45, 7) is 1.65. The van der Waals surface area contributed by atoms with Crippen molar-refractivity contribution < 1.29 is 14.4 Å². The molecule has 1 aromatic rings. The number of hydrogen-bond donors (Lipinski definition) is 2. The van der Waals surface area contributed by atoms with E-state index in [4.69, 9.17) is 5.73 Å². The number of carbonyl (C=O) groups excluding carboxylic acids is 2. The second-order valence-electron chi connectivity index (χ2n) is 3.44. The molecule has 0 saturated heterocycles. The molecule has 100 valence electrons. The van der Waals surface area contributed by atoms with Crippen LogP contribution in [0.15, 0.2) is 5.38 Å². The molecule has 18 heavy (non-hydrogen) atoms. The van der Waals surface area contributed by atoms with Gasteiger partial charge in [0.15, 0.2) is 6.61 Å². The quantitative estimate of drug-likeness (QED) is 0.540. The van der Waals surface area contributed by atoms with Gasteiger partial charge in [0.25, 0.3) is 0 Å². The van der Waals surface area contributed by atoms with Gasteiger partial charge in [-0.3, -0.25) is 14.4 Å². The first-order valence-electron chi connectivity index (χ1n) is 5.25. The lowest BCUT2D eigenvalue weighted by Gasteiger charge is -2.03. The topological polar surface area (TPSA) is 94.3 Å². The Hall–Kier alpha value is -1.12. The number of primary amides is 1. The SMILES string of the molecule is Cc1nc(CSCCC(=O)NOCC(N)=O)cs1. The zero-order chi connectivity index (χ0) is 13.4. The number of amides is 2. The molecular weight excluding hydrogens is 274 g/mol. The fourth-order valence-electron chi connectivity index (χ4n) is 1.05. The van der Waals surface area contributed by atoms with E-state index in [1.807, 2.05) is 12.3 Å². The maximum absolute atomic E-state index is 11.2. The van der Waals surface area contributed by atoms with Crippen molar-refractivity contribution in [3.63, 3.8) is 0 Å². The number of hydrogen-bond acceptors (Lipinski definition) is 6. The van der Waals surface area contributed by atoms with Crippen LogP contribution in [0.2, 0.25) is 0 Å². The number of thiazole rings is 1. The Bertz CT molecular complexity index is 409. The lowest BCUT2D eigenvalue weighted by atomic mass is 10.5. The van der Waals surface area contributed by atoms with Crippen molar-refractivity contribution in [1.29, 1.82) is 0 Å². The molecular formula is C10H15N3O3S2. The molecule has 0 unspecified atom stereocenters. The number of thioether (sulfide) groups is 1. The van der Waals surface area contributed by atoms with E-state index in [-0.39, 0.29) is 12.5 Å². The van der Waals surface area contributed by atoms with Gasteiger partial charge in [-0.15, -0.1) is 11.3 Å². The number of nitrogens with two attached hydrogens (primary N) is 1. The molecule has 0 fully saturated rings. The number of carbonyl (C=O) groups is 2. The van der Waals surface area contributed by atoms with Gasteiger partial charge in [-0.2, -0.15) is 11.8 Å². The Balaban J connectivity index is 2.03. The van der Waals surface area contributed by atoms with Crippen molar-refractivity contribution in [2.75, 3.05) is 12.4 Å². The van der Waals surface area contributed by atoms with Crippen LogP contribution in [-0.4, -0.2) is 29.2 Å². The number of nitrogens with zero attached hydrogens (tertiary/aromatic N) is 1. The fraction of sp³-hybridized carbons (Fsp3) is 0.500. The van der Waals surface area contributed by atoms with Crippen LogP contribution in [0.5, 0.6) is 0 Å². The highest BCUT2D eigenvalue weighted by molar-refractivity contribution is 7.98. The van der Waals surface area contributed by atoms with E-state index >= 15 is 0 Å². The lowest BCUT2D eigenvalue weighted by Crippen LogP contribution is -2.29. The van der Waals surface area contributed by atoms with Crippen LogP contribution >= 0.6 is 23.1 Å². The molecule has 0 bridgehead atoms. The number of rotatable bonds is 8. The molecule has 1 rings (SSSR count). The van der Waals surface area contributed by atoms with Crippen molar-refractivity contribution in [2.45, 2.75) is 19.1 Å². The molecule has 8 heteroatoms. The van der Waals surface area contributed by atoms with Crippen molar-refractivity contribution >= 4 is 34.9 Å². The number of aryl methyl sites for hydroxylation is 1. The van der Waals surface area contributed by atoms with Gasteiger partial charge in [0.05, 0.1) is 10.7 Å². The van der Waals surface area contributed by atoms with Crippen LogP contribution in [0, 0.1) is 6.92 Å². The Morgan fingerprint density at radius 2 is 2.39 bits per heavy atom. The monoisotopic (exact) mass is 289 g/mol. The average molecular weight is 289 g/mol. The summed E-state index contributed by atoms with van der Waals surface area (Å²) < 4.78 is 0. The summed E-state index contributed by atoms with van der Waals surface area (Å²) in [6.07, 6.45) is 0.326. The highest BCUT2D eigenvalue weighted by Gasteiger charge is 2.03. The summed E-state index contributed by atoms with van der Waals surface area (Å²) in [4.78, 5) is 30.5. The molecule has 2 amide bonds. The summed E-state index contributed by atoms with van der Waals surface area (Å²) >= 11 is 3.24. The second kappa shape index (κ2) is 8.06. The minimum Gasteiger partial charge on any atom is -0.368 e. The minimum absolute atomic E-state index is 0.266. The van der Waals surface area contributed by atoms with Crippen molar-refractivity contribution in [3.8, 4) is 0 Å². The lowest BCUT2D eigenvalue weighted by molar-refractivity contribution is -0.137. The van der Waals surface area contributed by atoms with Crippen LogP contribution < -0.4 is 11.2 Å². The Morgan fingerprint density at radius 3 is 3.00 bits per heavy atom. The molecule has 0 aromatic carbocycles. The first-order valence-corrected chi connectivity index (χ1v) is 7.29. The third-order valence-corrected chi connectivity index (χ3v) is 3.61. The molecule has 0 atom stereocenters. The summed E-state index contributed by atoms with van der Waals surface area (Å²) in [6, 6.07) is 0. The van der Waals surface area contributed by atoms with Crippen molar-refractivity contribution in [1.82, 2.24) is 10.5 Å². The second-order valence-corrected chi connectivity index (χ2v) is 5.61. The molecule has 0 aliphatic heterocycles. The fourth-order valence-corrected chi connectivity index (χ4v) is 2.60. The van der Waals surface area contributed by atoms with Gasteiger partial charge in [0, 0.05) is 23.3 Å². The standard InChI is InChI=1S/C10H15N3O3S2/c1-7-12-8(6-18-7)5-17-3-2-10(15)13-16-4-9(11)14/h6H,2-5H2,1H3,(H2,11,14)(H,13,15). The first-order chi connectivity index (χ1) is 8.58. The predicted octanol–water partition coefficient (Wildman–Crippen LogP) is 0.608. The van der Waals surface area contributed by atoms with E-state index in [9.17, 15) is 9.59 Å². The molecule has 3 N–H and O–H groups in total. The minimum atomic E-state index is -0.622. The highest BCUT2D eigenvalue weighted by atomic mass is 32.2. The molecule has 0 aliphatic carbocycles. The van der Waals surface area contributed by atoms with E-state index in [2.05, 4.69) is 15.3 Å². The van der Waals surface area contributed by atoms with Crippen LogP contribution in [0.1, 0.15) is 17.1 Å². The normalized spacial score (nSPS) is 10.3. The van der Waals surface area contributed by atoms with E-state index in [1.165, 1.54) is 0 Å². The summed E-state index contributed by atoms with van der Waals surface area (Å²) in [5.41, 5.74) is 8.03. The molecule has 0 aliphatic rings. The summed E-state index contributed by atoms with van der Waals surface area (Å²) in [5.74, 6) is 0.573. The smallest absolute Gasteiger partial charge is 0.246 e. The molecule has 0 spiro atoms. The Kier molecular flexibility index (Phi) is 6.69. The van der Waals surface area contributed by atoms with Crippen LogP contribution in [0.25, 0.3) is 0 Å². The van der Waals surface area contributed by atoms with E-state index in [0.29, 0.717) is 12.2 Å². The van der Waals surface area contributed by atoms with Gasteiger partial charge < -0.3 is 5.73 Å². The van der Waals surface area contributed by atoms with Crippen molar-refractivity contribution in [2.24, 2.45) is 5.73 Å². The summed E-state index contributed by atoms with van der Waals surface area (Å²) in [5, 5.41) is 3.06. The largest absolute Gasteiger partial charge is 0.368 e. The maximum atomic E-state index is 11.2. The van der Waals surface area contributed by atoms with Gasteiger partial charge in [-0.05, 0) is 6.92 Å². The van der Waals surface area contributed by atoms with Crippen LogP contribution in [-0.2, 0) is 20.2 Å². The molecule has 0 saturated carbocycles. The van der Waals surface area contributed by atoms with E-state index in [0.717, 1.165) is 16.5 Å². The number of hydroxylamine groups is 1. The van der Waals surface area contributed by atoms with Gasteiger partial charge >= 0.3 is 0 Å². The Labute approximate surface area is 113 Å². The van der Waals surface area contributed by atoms with E-state index < -0.39 is 5.91 Å². The van der Waals surface area contributed by atoms with Gasteiger partial charge in [-0.1, -0.05) is 0 Å². The zero-order valence-corrected chi connectivity index (χ0v) is 11.6. The highest BCUT2D eigenvalue weighted by Crippen LogP contribution is 2.15. The first kappa shape index (κ1) is 14.9. The van der Waals surface area contributed by atoms with Crippen LogP contribution in [0.3, 0.4) is 0 Å². The predicted molar refractivity (Wildman–Crippen MR) is 70.9 cm³/mol. The molecule has 1 aromatic heterocycles. The third kappa shape index (κ3) is 6.58. The van der Waals surface area contributed by atoms with Gasteiger partial charge in [-0.25, -0.2) is 10.5 Å². The molecule has 0 radical (unpaired) electrons. The zero-order valence-electron chi connectivity index (χ0n) is 9.97. The Morgan fingerprint density at radius 1 is 1.61 bits per heavy atom. The average Bonchev–Trinajstić information content (AvgIpc) is 2.70. The number of aromatic nitrogens is 1.